The summed E-state index contributed by atoms with van der Waals surface area (Å²) in [5.41, 5.74) is 1.10. The molecule has 9 heteroatoms. The van der Waals surface area contributed by atoms with Crippen molar-refractivity contribution >= 4 is 34.0 Å². The SMILES string of the molecule is CC(C)OC(=O)NC(CCN1CCC2(CC1)NC(=O)N(Cc1ccc(Br)cc1)C2=O)c1ccccc1. The molecule has 1 atom stereocenters. The summed E-state index contributed by atoms with van der Waals surface area (Å²) in [7, 11) is 0. The van der Waals surface area contributed by atoms with Gasteiger partial charge in [-0.25, -0.2) is 9.59 Å². The van der Waals surface area contributed by atoms with Crippen LogP contribution >= 0.6 is 15.9 Å². The molecule has 8 nitrogen and oxygen atoms in total. The first-order valence-electron chi connectivity index (χ1n) is 12.4. The molecule has 36 heavy (non-hydrogen) atoms. The average molecular weight is 557 g/mol. The second kappa shape index (κ2) is 11.4. The Morgan fingerprint density at radius 1 is 1.08 bits per heavy atom. The number of rotatable bonds is 8. The van der Waals surface area contributed by atoms with E-state index in [9.17, 15) is 14.4 Å². The van der Waals surface area contributed by atoms with Crippen LogP contribution in [0.1, 0.15) is 50.3 Å². The summed E-state index contributed by atoms with van der Waals surface area (Å²) in [4.78, 5) is 41.9. The van der Waals surface area contributed by atoms with Gasteiger partial charge in [0.25, 0.3) is 5.91 Å². The lowest BCUT2D eigenvalue weighted by Gasteiger charge is -2.37. The first kappa shape index (κ1) is 26.2. The number of imide groups is 1. The number of nitrogens with zero attached hydrogens (tertiary/aromatic N) is 2. The molecule has 2 saturated heterocycles. The second-order valence-electron chi connectivity index (χ2n) is 9.72. The van der Waals surface area contributed by atoms with Crippen LogP contribution in [0.4, 0.5) is 9.59 Å². The molecule has 0 bridgehead atoms. The molecule has 0 aliphatic carbocycles. The third kappa shape index (κ3) is 6.25. The molecule has 0 aromatic heterocycles. The molecule has 1 spiro atoms. The number of carbonyl (C=O) groups excluding carboxylic acids is 3. The zero-order valence-corrected chi connectivity index (χ0v) is 22.3. The molecule has 2 aliphatic heterocycles. The minimum atomic E-state index is -0.832. The number of alkyl carbamates (subject to hydrolysis) is 1. The molecule has 2 aromatic carbocycles. The lowest BCUT2D eigenvalue weighted by Crippen LogP contribution is -2.55. The number of hydrogen-bond acceptors (Lipinski definition) is 5. The quantitative estimate of drug-likeness (QED) is 0.463. The van der Waals surface area contributed by atoms with Gasteiger partial charge in [0, 0.05) is 24.1 Å². The highest BCUT2D eigenvalue weighted by atomic mass is 79.9. The lowest BCUT2D eigenvalue weighted by atomic mass is 9.87. The van der Waals surface area contributed by atoms with E-state index in [2.05, 4.69) is 31.5 Å². The predicted molar refractivity (Wildman–Crippen MR) is 140 cm³/mol. The molecule has 4 amide bonds. The van der Waals surface area contributed by atoms with Gasteiger partial charge in [0.05, 0.1) is 18.7 Å². The van der Waals surface area contributed by atoms with Crippen LogP contribution in [0.2, 0.25) is 0 Å². The standard InChI is InChI=1S/C27H33BrN4O4/c1-19(2)36-26(35)29-23(21-6-4-3-5-7-21)12-15-31-16-13-27(14-17-31)24(33)32(25(34)30-27)18-20-8-10-22(28)11-9-20/h3-11,19,23H,12-18H2,1-2H3,(H,29,35)(H,30,34). The number of ether oxygens (including phenoxy) is 1. The molecule has 0 radical (unpaired) electrons. The summed E-state index contributed by atoms with van der Waals surface area (Å²) in [5.74, 6) is -0.143. The number of benzene rings is 2. The van der Waals surface area contributed by atoms with E-state index in [1.807, 2.05) is 68.4 Å². The molecule has 192 valence electrons. The molecule has 2 aliphatic rings. The van der Waals surface area contributed by atoms with Crippen molar-refractivity contribution in [3.63, 3.8) is 0 Å². The van der Waals surface area contributed by atoms with Crippen LogP contribution in [0, 0.1) is 0 Å². The van der Waals surface area contributed by atoms with Crippen molar-refractivity contribution in [2.75, 3.05) is 19.6 Å². The van der Waals surface area contributed by atoms with E-state index in [0.717, 1.165) is 22.1 Å². The number of urea groups is 1. The highest BCUT2D eigenvalue weighted by Gasteiger charge is 2.52. The zero-order valence-electron chi connectivity index (χ0n) is 20.7. The maximum absolute atomic E-state index is 13.3. The van der Waals surface area contributed by atoms with E-state index in [1.165, 1.54) is 4.90 Å². The van der Waals surface area contributed by atoms with Crippen molar-refractivity contribution in [1.82, 2.24) is 20.4 Å². The smallest absolute Gasteiger partial charge is 0.407 e. The molecule has 2 fully saturated rings. The summed E-state index contributed by atoms with van der Waals surface area (Å²) in [6.45, 7) is 6.04. The summed E-state index contributed by atoms with van der Waals surface area (Å²) < 4.78 is 6.24. The summed E-state index contributed by atoms with van der Waals surface area (Å²) in [6.07, 6.45) is 1.21. The minimum Gasteiger partial charge on any atom is -0.447 e. The van der Waals surface area contributed by atoms with Crippen LogP contribution < -0.4 is 10.6 Å². The van der Waals surface area contributed by atoms with E-state index in [0.29, 0.717) is 32.4 Å². The maximum atomic E-state index is 13.3. The Labute approximate surface area is 220 Å². The van der Waals surface area contributed by atoms with Crippen molar-refractivity contribution in [3.8, 4) is 0 Å². The highest BCUT2D eigenvalue weighted by Crippen LogP contribution is 2.31. The van der Waals surface area contributed by atoms with E-state index in [4.69, 9.17) is 4.74 Å². The van der Waals surface area contributed by atoms with Crippen LogP contribution in [0.15, 0.2) is 59.1 Å². The Kier molecular flexibility index (Phi) is 8.31. The van der Waals surface area contributed by atoms with Gasteiger partial charge in [-0.15, -0.1) is 0 Å². The predicted octanol–water partition coefficient (Wildman–Crippen LogP) is 4.60. The molecule has 1 unspecified atom stereocenters. The van der Waals surface area contributed by atoms with Gasteiger partial charge in [0.15, 0.2) is 0 Å². The summed E-state index contributed by atoms with van der Waals surface area (Å²) in [5, 5.41) is 5.97. The Bertz CT molecular complexity index is 1070. The van der Waals surface area contributed by atoms with Gasteiger partial charge in [-0.1, -0.05) is 58.4 Å². The fourth-order valence-electron chi connectivity index (χ4n) is 4.80. The van der Waals surface area contributed by atoms with Crippen molar-refractivity contribution in [2.24, 2.45) is 0 Å². The van der Waals surface area contributed by atoms with Gasteiger partial charge in [0.2, 0.25) is 0 Å². The van der Waals surface area contributed by atoms with Gasteiger partial charge >= 0.3 is 12.1 Å². The van der Waals surface area contributed by atoms with Crippen LogP contribution in [0.3, 0.4) is 0 Å². The number of piperidine rings is 1. The van der Waals surface area contributed by atoms with Crippen LogP contribution in [-0.2, 0) is 16.1 Å². The first-order chi connectivity index (χ1) is 17.3. The first-order valence-corrected chi connectivity index (χ1v) is 13.2. The van der Waals surface area contributed by atoms with E-state index in [1.54, 1.807) is 0 Å². The van der Waals surface area contributed by atoms with Gasteiger partial charge in [0.1, 0.15) is 5.54 Å². The molecule has 4 rings (SSSR count). The normalized spacial score (nSPS) is 18.4. The summed E-state index contributed by atoms with van der Waals surface area (Å²) in [6, 6.07) is 17.0. The van der Waals surface area contributed by atoms with Gasteiger partial charge in [-0.05, 0) is 56.4 Å². The third-order valence-electron chi connectivity index (χ3n) is 6.78. The van der Waals surface area contributed by atoms with Crippen molar-refractivity contribution in [1.29, 1.82) is 0 Å². The number of nitrogens with one attached hydrogen (secondary N) is 2. The van der Waals surface area contributed by atoms with E-state index >= 15 is 0 Å². The molecule has 2 heterocycles. The molecular weight excluding hydrogens is 524 g/mol. The third-order valence-corrected chi connectivity index (χ3v) is 7.31. The van der Waals surface area contributed by atoms with Gasteiger partial charge in [-0.3, -0.25) is 9.69 Å². The average Bonchev–Trinajstić information content (AvgIpc) is 3.08. The fourth-order valence-corrected chi connectivity index (χ4v) is 5.06. The largest absolute Gasteiger partial charge is 0.447 e. The lowest BCUT2D eigenvalue weighted by molar-refractivity contribution is -0.133. The van der Waals surface area contributed by atoms with Gasteiger partial charge in [-0.2, -0.15) is 0 Å². The van der Waals surface area contributed by atoms with Crippen LogP contribution in [0.5, 0.6) is 0 Å². The summed E-state index contributed by atoms with van der Waals surface area (Å²) >= 11 is 3.41. The molecule has 2 aromatic rings. The number of likely N-dealkylation sites (tertiary alicyclic amines) is 1. The Morgan fingerprint density at radius 3 is 2.39 bits per heavy atom. The highest BCUT2D eigenvalue weighted by molar-refractivity contribution is 9.10. The fraction of sp³-hybridized carbons (Fsp3) is 0.444. The van der Waals surface area contributed by atoms with Gasteiger partial charge < -0.3 is 20.3 Å². The molecule has 0 saturated carbocycles. The molecule has 2 N–H and O–H groups in total. The number of hydrogen-bond donors (Lipinski definition) is 2. The van der Waals surface area contributed by atoms with Crippen molar-refractivity contribution < 1.29 is 19.1 Å². The second-order valence-corrected chi connectivity index (χ2v) is 10.6. The van der Waals surface area contributed by atoms with Crippen LogP contribution in [0.25, 0.3) is 0 Å². The van der Waals surface area contributed by atoms with E-state index < -0.39 is 11.6 Å². The number of amides is 4. The van der Waals surface area contributed by atoms with Crippen molar-refractivity contribution in [3.05, 3.63) is 70.2 Å². The Balaban J connectivity index is 1.33. The topological polar surface area (TPSA) is 91.0 Å². The Morgan fingerprint density at radius 2 is 1.75 bits per heavy atom. The zero-order chi connectivity index (χ0) is 25.7. The number of halogens is 1. The monoisotopic (exact) mass is 556 g/mol. The Hall–Kier alpha value is -2.91. The maximum Gasteiger partial charge on any atom is 0.407 e. The molecular formula is C27H33BrN4O4. The number of carbonyl (C=O) groups is 3. The minimum absolute atomic E-state index is 0.143. The van der Waals surface area contributed by atoms with Crippen molar-refractivity contribution in [2.45, 2.75) is 57.3 Å². The van der Waals surface area contributed by atoms with Crippen LogP contribution in [-0.4, -0.2) is 59.1 Å². The van der Waals surface area contributed by atoms with E-state index in [-0.39, 0.29) is 30.6 Å².